The van der Waals surface area contributed by atoms with Gasteiger partial charge in [0, 0.05) is 0 Å². The van der Waals surface area contributed by atoms with E-state index >= 15 is 0 Å². The van der Waals surface area contributed by atoms with Gasteiger partial charge in [-0.05, 0) is 22.3 Å². The van der Waals surface area contributed by atoms with E-state index < -0.39 is 0 Å². The monoisotopic (exact) mass is 398 g/mol. The van der Waals surface area contributed by atoms with Gasteiger partial charge in [-0.25, -0.2) is 10.9 Å². The topological polar surface area (TPSA) is 82.9 Å². The number of amides is 2. The average molecular weight is 398 g/mol. The minimum absolute atomic E-state index is 0.174. The second-order valence-electron chi connectivity index (χ2n) is 6.58. The second-order valence-corrected chi connectivity index (χ2v) is 6.58. The van der Waals surface area contributed by atoms with Gasteiger partial charge in [0.2, 0.25) is 11.8 Å². The highest BCUT2D eigenvalue weighted by Gasteiger charge is 2.01. The fourth-order valence-corrected chi connectivity index (χ4v) is 2.67. The number of nitrogens with one attached hydrogen (secondary N) is 2. The number of hydrogen-bond donors (Lipinski definition) is 2. The molecule has 6 heteroatoms. The van der Waals surface area contributed by atoms with E-state index in [1.807, 2.05) is 84.9 Å². The van der Waals surface area contributed by atoms with E-state index in [0.717, 1.165) is 22.3 Å². The molecule has 0 aromatic heterocycles. The molecule has 2 amide bonds. The van der Waals surface area contributed by atoms with E-state index in [1.54, 1.807) is 12.4 Å². The standard InChI is InChI=1S/C24H22N4O2/c29-23(15-19-7-3-1-4-8-19)27-25-17-21-11-13-22(14-12-21)18-26-28-24(30)16-20-9-5-2-6-10-20/h1-14,17-18H,15-16H2,(H,27,29)(H,28,30). The quantitative estimate of drug-likeness (QED) is 0.452. The van der Waals surface area contributed by atoms with Crippen LogP contribution in [0.15, 0.2) is 95.1 Å². The molecule has 0 heterocycles. The van der Waals surface area contributed by atoms with Gasteiger partial charge in [0.05, 0.1) is 25.3 Å². The molecule has 0 aliphatic carbocycles. The van der Waals surface area contributed by atoms with Crippen LogP contribution in [0, 0.1) is 0 Å². The number of carbonyl (C=O) groups excluding carboxylic acids is 2. The molecule has 0 spiro atoms. The van der Waals surface area contributed by atoms with Crippen molar-refractivity contribution in [3.8, 4) is 0 Å². The van der Waals surface area contributed by atoms with Crippen molar-refractivity contribution in [2.24, 2.45) is 10.2 Å². The molecule has 0 bridgehead atoms. The van der Waals surface area contributed by atoms with Crippen molar-refractivity contribution in [2.75, 3.05) is 0 Å². The summed E-state index contributed by atoms with van der Waals surface area (Å²) >= 11 is 0. The van der Waals surface area contributed by atoms with Gasteiger partial charge < -0.3 is 0 Å². The number of benzene rings is 3. The van der Waals surface area contributed by atoms with Crippen LogP contribution in [-0.2, 0) is 22.4 Å². The zero-order valence-electron chi connectivity index (χ0n) is 16.4. The maximum absolute atomic E-state index is 11.9. The van der Waals surface area contributed by atoms with E-state index in [2.05, 4.69) is 21.1 Å². The van der Waals surface area contributed by atoms with Crippen molar-refractivity contribution in [3.63, 3.8) is 0 Å². The SMILES string of the molecule is O=C(Cc1ccccc1)NN=Cc1ccc(C=NNC(=O)Cc2ccccc2)cc1. The second kappa shape index (κ2) is 11.1. The van der Waals surface area contributed by atoms with Crippen LogP contribution in [0.4, 0.5) is 0 Å². The average Bonchev–Trinajstić information content (AvgIpc) is 2.76. The Hall–Kier alpha value is -4.06. The molecule has 150 valence electrons. The Morgan fingerprint density at radius 2 is 0.967 bits per heavy atom. The molecule has 6 nitrogen and oxygen atoms in total. The maximum atomic E-state index is 11.9. The van der Waals surface area contributed by atoms with Crippen LogP contribution >= 0.6 is 0 Å². The van der Waals surface area contributed by atoms with Gasteiger partial charge in [0.1, 0.15) is 0 Å². The number of hydrazone groups is 2. The highest BCUT2D eigenvalue weighted by atomic mass is 16.2. The summed E-state index contributed by atoms with van der Waals surface area (Å²) in [5.74, 6) is -0.347. The van der Waals surface area contributed by atoms with Crippen molar-refractivity contribution in [1.82, 2.24) is 10.9 Å². The van der Waals surface area contributed by atoms with Crippen LogP contribution < -0.4 is 10.9 Å². The molecule has 2 N–H and O–H groups in total. The Kier molecular flexibility index (Phi) is 7.62. The molecule has 3 rings (SSSR count). The Bertz CT molecular complexity index is 930. The number of hydrogen-bond acceptors (Lipinski definition) is 4. The smallest absolute Gasteiger partial charge is 0.244 e. The third-order valence-corrected chi connectivity index (χ3v) is 4.16. The summed E-state index contributed by atoms with van der Waals surface area (Å²) in [6, 6.07) is 26.4. The first-order chi connectivity index (χ1) is 14.7. The van der Waals surface area contributed by atoms with E-state index in [9.17, 15) is 9.59 Å². The van der Waals surface area contributed by atoms with Crippen molar-refractivity contribution < 1.29 is 9.59 Å². The van der Waals surface area contributed by atoms with Crippen molar-refractivity contribution in [3.05, 3.63) is 107 Å². The number of rotatable bonds is 8. The highest BCUT2D eigenvalue weighted by Crippen LogP contribution is 2.02. The first-order valence-corrected chi connectivity index (χ1v) is 9.51. The third-order valence-electron chi connectivity index (χ3n) is 4.16. The minimum Gasteiger partial charge on any atom is -0.273 e. The number of nitrogens with zero attached hydrogens (tertiary/aromatic N) is 2. The number of carbonyl (C=O) groups is 2. The van der Waals surface area contributed by atoms with Crippen molar-refractivity contribution in [2.45, 2.75) is 12.8 Å². The summed E-state index contributed by atoms with van der Waals surface area (Å²) in [6.07, 6.45) is 3.71. The van der Waals surface area contributed by atoms with Gasteiger partial charge in [0.15, 0.2) is 0 Å². The molecular weight excluding hydrogens is 376 g/mol. The van der Waals surface area contributed by atoms with Gasteiger partial charge >= 0.3 is 0 Å². The Balaban J connectivity index is 1.42. The minimum atomic E-state index is -0.174. The van der Waals surface area contributed by atoms with Gasteiger partial charge in [-0.2, -0.15) is 10.2 Å². The molecule has 0 radical (unpaired) electrons. The lowest BCUT2D eigenvalue weighted by atomic mass is 10.1. The summed E-state index contributed by atoms with van der Waals surface area (Å²) in [6.45, 7) is 0. The lowest BCUT2D eigenvalue weighted by Gasteiger charge is -2.01. The summed E-state index contributed by atoms with van der Waals surface area (Å²) in [7, 11) is 0. The fourth-order valence-electron chi connectivity index (χ4n) is 2.67. The fraction of sp³-hybridized carbons (Fsp3) is 0.0833. The first-order valence-electron chi connectivity index (χ1n) is 9.51. The predicted molar refractivity (Wildman–Crippen MR) is 118 cm³/mol. The van der Waals surface area contributed by atoms with Crippen LogP contribution in [0.1, 0.15) is 22.3 Å². The van der Waals surface area contributed by atoms with E-state index in [1.165, 1.54) is 0 Å². The van der Waals surface area contributed by atoms with Crippen LogP contribution in [0.5, 0.6) is 0 Å². The summed E-state index contributed by atoms with van der Waals surface area (Å²) in [5.41, 5.74) is 8.57. The molecule has 0 saturated carbocycles. The Morgan fingerprint density at radius 3 is 1.33 bits per heavy atom. The molecule has 30 heavy (non-hydrogen) atoms. The lowest BCUT2D eigenvalue weighted by Crippen LogP contribution is -2.19. The zero-order chi connectivity index (χ0) is 21.0. The largest absolute Gasteiger partial charge is 0.273 e. The zero-order valence-corrected chi connectivity index (χ0v) is 16.4. The Morgan fingerprint density at radius 1 is 0.600 bits per heavy atom. The molecule has 0 atom stereocenters. The van der Waals surface area contributed by atoms with Crippen LogP contribution in [0.3, 0.4) is 0 Å². The van der Waals surface area contributed by atoms with Crippen LogP contribution in [0.25, 0.3) is 0 Å². The van der Waals surface area contributed by atoms with Crippen LogP contribution in [-0.4, -0.2) is 24.2 Å². The maximum Gasteiger partial charge on any atom is 0.244 e. The summed E-state index contributed by atoms with van der Waals surface area (Å²) in [4.78, 5) is 23.7. The Labute approximate surface area is 175 Å². The summed E-state index contributed by atoms with van der Waals surface area (Å²) < 4.78 is 0. The molecule has 0 saturated heterocycles. The van der Waals surface area contributed by atoms with Gasteiger partial charge in [0.25, 0.3) is 0 Å². The normalized spacial score (nSPS) is 10.9. The van der Waals surface area contributed by atoms with Gasteiger partial charge in [-0.1, -0.05) is 84.9 Å². The van der Waals surface area contributed by atoms with E-state index in [0.29, 0.717) is 0 Å². The van der Waals surface area contributed by atoms with Gasteiger partial charge in [-0.3, -0.25) is 9.59 Å². The van der Waals surface area contributed by atoms with Crippen LogP contribution in [0.2, 0.25) is 0 Å². The molecule has 0 unspecified atom stereocenters. The predicted octanol–water partition coefficient (Wildman–Crippen LogP) is 3.07. The molecule has 0 aliphatic heterocycles. The molecule has 3 aromatic carbocycles. The van der Waals surface area contributed by atoms with E-state index in [4.69, 9.17) is 0 Å². The lowest BCUT2D eigenvalue weighted by molar-refractivity contribution is -0.121. The summed E-state index contributed by atoms with van der Waals surface area (Å²) in [5, 5.41) is 7.95. The molecule has 3 aromatic rings. The molecule has 0 fully saturated rings. The van der Waals surface area contributed by atoms with Crippen molar-refractivity contribution in [1.29, 1.82) is 0 Å². The third kappa shape index (κ3) is 7.16. The molecular formula is C24H22N4O2. The van der Waals surface area contributed by atoms with Crippen molar-refractivity contribution >= 4 is 24.2 Å². The van der Waals surface area contributed by atoms with E-state index in [-0.39, 0.29) is 24.7 Å². The first kappa shape index (κ1) is 20.7. The van der Waals surface area contributed by atoms with Gasteiger partial charge in [-0.15, -0.1) is 0 Å². The highest BCUT2D eigenvalue weighted by molar-refractivity contribution is 5.86. The molecule has 0 aliphatic rings.